The van der Waals surface area contributed by atoms with E-state index in [9.17, 15) is 100 Å². The molecule has 25 N–H and O–H groups in total. The van der Waals surface area contributed by atoms with Crippen molar-refractivity contribution in [3.63, 3.8) is 0 Å². The van der Waals surface area contributed by atoms with Crippen LogP contribution >= 0.6 is 0 Å². The molecule has 4 heterocycles. The fourth-order valence-corrected chi connectivity index (χ4v) is 8.24. The van der Waals surface area contributed by atoms with Gasteiger partial charge < -0.3 is 143 Å². The van der Waals surface area contributed by atoms with Crippen molar-refractivity contribution in [2.75, 3.05) is 6.61 Å². The standard InChI is InChI=1S/C41H27O27.7H2O/c42-13-1-8(2-14(43)24(13)48)34(54)67-39-33-32-30(64-38(58)12-6-19(47)41(61)40(59,60)23(12)22-11(37(57)66-33)5-17(46)27(51)31(22)68-41)18(63-39)7-62-35(55)9-3-15(44)25(49)28(52)20(9)21-10(36(56)65-32)4-16(45)26(50)29(21)53;;;;;;;/h1-6,18,23,30,32-33,39,42-46,48-53,59,61H,7H2;7*1H2/q-1;;;;;;;/p+1/t18-,23+,30-,32+,33-,39+,40-,41+;;;;;;;/m1......./s1. The summed E-state index contributed by atoms with van der Waals surface area (Å²) in [6.07, 6.45) is -12.2. The van der Waals surface area contributed by atoms with Crippen molar-refractivity contribution in [2.24, 2.45) is 0 Å². The van der Waals surface area contributed by atoms with Crippen molar-refractivity contribution < 1.29 is 176 Å². The molecule has 0 aromatic heterocycles. The third-order valence-corrected chi connectivity index (χ3v) is 11.5. The summed E-state index contributed by atoms with van der Waals surface area (Å²) in [4.78, 5) is 84.7. The predicted molar refractivity (Wildman–Crippen MR) is 227 cm³/mol. The van der Waals surface area contributed by atoms with Crippen LogP contribution in [-0.2, 0) is 38.0 Å². The number of hydrogen-bond donors (Lipinski definition) is 13. The molecule has 34 heteroatoms. The summed E-state index contributed by atoms with van der Waals surface area (Å²) in [7, 11) is 0. The van der Waals surface area contributed by atoms with E-state index in [0.29, 0.717) is 30.3 Å². The molecule has 34 nitrogen and oxygen atoms in total. The number of phenolic OH excluding ortho intramolecular Hbond substituents is 11. The van der Waals surface area contributed by atoms with E-state index in [0.717, 1.165) is 0 Å². The second-order valence-corrected chi connectivity index (χ2v) is 15.4. The number of fused-ring (bicyclic) bond motifs is 4. The fourth-order valence-electron chi connectivity index (χ4n) is 8.24. The molecule has 410 valence electrons. The van der Waals surface area contributed by atoms with Gasteiger partial charge in [-0.1, -0.05) is 0 Å². The molecule has 1 saturated heterocycles. The topological polar surface area (TPSA) is 671 Å². The van der Waals surface area contributed by atoms with Crippen molar-refractivity contribution in [1.82, 2.24) is 0 Å². The van der Waals surface area contributed by atoms with E-state index in [1.807, 2.05) is 0 Å². The van der Waals surface area contributed by atoms with E-state index in [4.69, 9.17) is 33.2 Å². The molecular weight excluding hydrogens is 1040 g/mol. The number of aliphatic hydroxyl groups is 2. The molecule has 4 aromatic rings. The zero-order valence-corrected chi connectivity index (χ0v) is 36.6. The molecular formula is C41H42O34. The third-order valence-electron chi connectivity index (χ3n) is 11.5. The molecule has 4 aliphatic heterocycles. The minimum Gasteiger partial charge on any atom is -0.870 e. The Morgan fingerprint density at radius 1 is 0.587 bits per heavy atom. The number of aromatic hydroxyl groups is 11. The summed E-state index contributed by atoms with van der Waals surface area (Å²) in [6, 6.07) is 2.27. The number of benzene rings is 4. The maximum atomic E-state index is 14.6. The minimum absolute atomic E-state index is 0. The average Bonchev–Trinajstić information content (AvgIpc) is 3.28. The molecule has 6 bridgehead atoms. The van der Waals surface area contributed by atoms with Gasteiger partial charge in [0.15, 0.2) is 64.0 Å². The lowest BCUT2D eigenvalue weighted by Crippen LogP contribution is -2.76. The van der Waals surface area contributed by atoms with E-state index in [1.165, 1.54) is 0 Å². The molecule has 5 aliphatic rings. The Morgan fingerprint density at radius 2 is 1.04 bits per heavy atom. The van der Waals surface area contributed by atoms with Crippen LogP contribution in [0.3, 0.4) is 0 Å². The summed E-state index contributed by atoms with van der Waals surface area (Å²) < 4.78 is 38.8. The number of carbonyl (C=O) groups excluding carboxylic acids is 6. The Balaban J connectivity index is 0. The highest BCUT2D eigenvalue weighted by Crippen LogP contribution is 2.58. The highest BCUT2D eigenvalue weighted by Gasteiger charge is 2.65. The number of carbonyl (C=O) groups is 6. The largest absolute Gasteiger partial charge is 1.00 e. The molecule has 0 spiro atoms. The van der Waals surface area contributed by atoms with Gasteiger partial charge >= 0.3 is 34.1 Å². The van der Waals surface area contributed by atoms with Crippen LogP contribution in [0.1, 0.15) is 57.2 Å². The molecule has 1 aliphatic carbocycles. The Labute approximate surface area is 416 Å². The van der Waals surface area contributed by atoms with Crippen molar-refractivity contribution in [3.05, 3.63) is 69.8 Å². The second-order valence-electron chi connectivity index (χ2n) is 15.4. The number of rotatable bonds is 2. The van der Waals surface area contributed by atoms with Gasteiger partial charge in [0.1, 0.15) is 12.7 Å². The first-order valence-electron chi connectivity index (χ1n) is 19.0. The lowest BCUT2D eigenvalue weighted by molar-refractivity contribution is -0.600. The van der Waals surface area contributed by atoms with Crippen LogP contribution in [0.5, 0.6) is 69.0 Å². The van der Waals surface area contributed by atoms with Gasteiger partial charge in [0.05, 0.1) is 33.6 Å². The van der Waals surface area contributed by atoms with Gasteiger partial charge in [-0.2, -0.15) is 0 Å². The minimum atomic E-state index is -4.23. The summed E-state index contributed by atoms with van der Waals surface area (Å²) in [5.41, 5.74) is -8.68. The maximum absolute atomic E-state index is 14.6. The van der Waals surface area contributed by atoms with Crippen LogP contribution in [0.2, 0.25) is 0 Å². The van der Waals surface area contributed by atoms with Crippen LogP contribution in [0.15, 0.2) is 42.0 Å². The Hall–Kier alpha value is -9.20. The zero-order valence-electron chi connectivity index (χ0n) is 39.6. The number of esters is 5. The maximum Gasteiger partial charge on any atom is 1.00 e. The molecule has 8 atom stereocenters. The first-order valence-corrected chi connectivity index (χ1v) is 19.0. The number of phenols is 11. The SMILES string of the molecule is O.O.O.O.O.O=C1O[C@H]2[C@@H]3OC(=O)c4cc(O)c(O)c(O)c4-c4c(cc(O)c(O)c4O)C(=O)OC[C@H]2O[C@@H](OC(=O)c2cc(O)c(O)c(O)c2)[C@@H]3OC(=O)c2cc(O)c(O)c3c2[C@@H]2C1=CC(=O)[C@](O)(O3)[C@@]2([O-])O.[H+].[H+].[H+].[OH-].[OH-]. The highest BCUT2D eigenvalue weighted by molar-refractivity contribution is 6.10. The van der Waals surface area contributed by atoms with E-state index < -0.39 is 204 Å². The smallest absolute Gasteiger partial charge is 0.870 e. The predicted octanol–water partition coefficient (Wildman–Crippen LogP) is -5.87. The number of hydrogen-bond acceptors (Lipinski definition) is 29. The molecule has 0 unspecified atom stereocenters. The molecule has 0 saturated carbocycles. The van der Waals surface area contributed by atoms with Gasteiger partial charge in [-0.3, -0.25) is 4.79 Å². The van der Waals surface area contributed by atoms with E-state index in [1.54, 1.807) is 0 Å². The van der Waals surface area contributed by atoms with Gasteiger partial charge in [0.2, 0.25) is 35.4 Å². The van der Waals surface area contributed by atoms with E-state index >= 15 is 0 Å². The number of ether oxygens (including phenoxy) is 7. The van der Waals surface area contributed by atoms with Crippen molar-refractivity contribution in [3.8, 4) is 80.1 Å². The lowest BCUT2D eigenvalue weighted by atomic mass is 9.70. The average molecular weight is 1080 g/mol. The molecule has 4 aromatic carbocycles. The Bertz CT molecular complexity index is 3050. The van der Waals surface area contributed by atoms with Gasteiger partial charge in [0, 0.05) is 22.6 Å². The van der Waals surface area contributed by atoms with Crippen LogP contribution in [0.4, 0.5) is 0 Å². The lowest BCUT2D eigenvalue weighted by Gasteiger charge is -2.56. The summed E-state index contributed by atoms with van der Waals surface area (Å²) >= 11 is 0. The molecule has 1 fully saturated rings. The van der Waals surface area contributed by atoms with Crippen LogP contribution < -0.4 is 9.84 Å². The Morgan fingerprint density at radius 3 is 1.59 bits per heavy atom. The van der Waals surface area contributed by atoms with Gasteiger partial charge in [-0.15, -0.1) is 0 Å². The van der Waals surface area contributed by atoms with E-state index in [-0.39, 0.29) is 48.7 Å². The fraction of sp³-hybridized carbons (Fsp3) is 0.220. The first-order chi connectivity index (χ1) is 31.9. The quantitative estimate of drug-likeness (QED) is 0.0385. The van der Waals surface area contributed by atoms with Gasteiger partial charge in [-0.25, -0.2) is 24.0 Å². The molecule has 0 amide bonds. The molecule has 75 heavy (non-hydrogen) atoms. The van der Waals surface area contributed by atoms with Crippen molar-refractivity contribution in [1.29, 1.82) is 0 Å². The van der Waals surface area contributed by atoms with E-state index in [2.05, 4.69) is 0 Å². The summed E-state index contributed by atoms with van der Waals surface area (Å²) in [5, 5.41) is 153. The van der Waals surface area contributed by atoms with Crippen LogP contribution in [0.25, 0.3) is 11.1 Å². The molecule has 9 rings (SSSR count). The molecule has 0 radical (unpaired) electrons. The van der Waals surface area contributed by atoms with Crippen molar-refractivity contribution in [2.45, 2.75) is 48.2 Å². The normalized spacial score (nSPS) is 24.6. The monoisotopic (exact) mass is 1080 g/mol. The Kier molecular flexibility index (Phi) is 17.1. The highest BCUT2D eigenvalue weighted by atomic mass is 16.8. The summed E-state index contributed by atoms with van der Waals surface area (Å²) in [5.74, 6) is -37.3. The van der Waals surface area contributed by atoms with Crippen molar-refractivity contribution >= 4 is 35.6 Å². The summed E-state index contributed by atoms with van der Waals surface area (Å²) in [6.45, 7) is -1.32. The number of cyclic esters (lactones) is 1. The zero-order chi connectivity index (χ0) is 49.4. The first kappa shape index (κ1) is 61.9. The number of ketones is 1. The van der Waals surface area contributed by atoms with Crippen LogP contribution in [-0.4, -0.2) is 189 Å². The van der Waals surface area contributed by atoms with Gasteiger partial charge in [-0.05, 0) is 36.4 Å². The van der Waals surface area contributed by atoms with Crippen LogP contribution in [0, 0.1) is 0 Å². The van der Waals surface area contributed by atoms with Gasteiger partial charge in [0.25, 0.3) is 5.79 Å². The third kappa shape index (κ3) is 8.86. The second kappa shape index (κ2) is 20.7.